The highest BCUT2D eigenvalue weighted by atomic mass is 127. The molecule has 0 fully saturated rings. The van der Waals surface area contributed by atoms with Crippen LogP contribution in [0.15, 0.2) is 4.99 Å². The quantitative estimate of drug-likeness (QED) is 0.322. The van der Waals surface area contributed by atoms with Crippen molar-refractivity contribution in [3.63, 3.8) is 0 Å². The van der Waals surface area contributed by atoms with Gasteiger partial charge in [0.2, 0.25) is 0 Å². The van der Waals surface area contributed by atoms with Crippen LogP contribution < -0.4 is 10.6 Å². The second-order valence-electron chi connectivity index (χ2n) is 3.56. The molecule has 98 valence electrons. The first-order valence-electron chi connectivity index (χ1n) is 5.78. The van der Waals surface area contributed by atoms with Crippen LogP contribution in [-0.4, -0.2) is 38.8 Å². The van der Waals surface area contributed by atoms with Gasteiger partial charge < -0.3 is 15.4 Å². The molecule has 1 unspecified atom stereocenters. The highest BCUT2D eigenvalue weighted by molar-refractivity contribution is 14.0. The van der Waals surface area contributed by atoms with E-state index >= 15 is 0 Å². The Hall–Kier alpha value is -0.0400. The number of halogens is 1. The van der Waals surface area contributed by atoms with E-state index in [0.29, 0.717) is 6.04 Å². The zero-order valence-corrected chi connectivity index (χ0v) is 13.2. The maximum absolute atomic E-state index is 4.98. The Labute approximate surface area is 117 Å². The Bertz CT molecular complexity index is 177. The second kappa shape index (κ2) is 13.0. The molecule has 0 spiro atoms. The summed E-state index contributed by atoms with van der Waals surface area (Å²) in [5.74, 6) is 0.906. The number of guanidine groups is 1. The highest BCUT2D eigenvalue weighted by Crippen LogP contribution is 1.88. The molecule has 4 nitrogen and oxygen atoms in total. The van der Waals surface area contributed by atoms with Crippen LogP contribution in [0.1, 0.15) is 33.6 Å². The van der Waals surface area contributed by atoms with Gasteiger partial charge in [0, 0.05) is 32.8 Å². The SMILES string of the molecule is CCNC(=NCCCOC)NC(C)CC.I. The van der Waals surface area contributed by atoms with E-state index in [-0.39, 0.29) is 24.0 Å². The van der Waals surface area contributed by atoms with Gasteiger partial charge >= 0.3 is 0 Å². The predicted octanol–water partition coefficient (Wildman–Crippen LogP) is 1.99. The van der Waals surface area contributed by atoms with Gasteiger partial charge in [-0.1, -0.05) is 6.92 Å². The molecule has 0 aromatic carbocycles. The first-order chi connectivity index (χ1) is 7.24. The van der Waals surface area contributed by atoms with Gasteiger partial charge in [-0.25, -0.2) is 0 Å². The molecule has 0 aromatic rings. The molecule has 0 amide bonds. The largest absolute Gasteiger partial charge is 0.385 e. The van der Waals surface area contributed by atoms with Crippen LogP contribution in [0.3, 0.4) is 0 Å². The topological polar surface area (TPSA) is 45.7 Å². The minimum atomic E-state index is 0. The standard InChI is InChI=1S/C11H25N3O.HI/c1-5-10(3)14-11(12-6-2)13-8-7-9-15-4;/h10H,5-9H2,1-4H3,(H2,12,13,14);1H. The maximum atomic E-state index is 4.98. The zero-order chi connectivity index (χ0) is 11.5. The molecular weight excluding hydrogens is 317 g/mol. The van der Waals surface area contributed by atoms with Crippen molar-refractivity contribution in [2.24, 2.45) is 4.99 Å². The fourth-order valence-corrected chi connectivity index (χ4v) is 1.06. The molecule has 0 heterocycles. The minimum absolute atomic E-state index is 0. The smallest absolute Gasteiger partial charge is 0.191 e. The molecule has 0 saturated heterocycles. The van der Waals surface area contributed by atoms with Gasteiger partial charge in [0.15, 0.2) is 5.96 Å². The lowest BCUT2D eigenvalue weighted by molar-refractivity contribution is 0.197. The number of nitrogens with zero attached hydrogens (tertiary/aromatic N) is 1. The summed E-state index contributed by atoms with van der Waals surface area (Å²) >= 11 is 0. The van der Waals surface area contributed by atoms with Crippen LogP contribution >= 0.6 is 24.0 Å². The summed E-state index contributed by atoms with van der Waals surface area (Å²) in [4.78, 5) is 4.45. The van der Waals surface area contributed by atoms with Crippen molar-refractivity contribution in [3.05, 3.63) is 0 Å². The van der Waals surface area contributed by atoms with Gasteiger partial charge in [-0.05, 0) is 26.7 Å². The molecule has 5 heteroatoms. The fraction of sp³-hybridized carbons (Fsp3) is 0.909. The number of nitrogens with one attached hydrogen (secondary N) is 2. The van der Waals surface area contributed by atoms with Crippen LogP contribution in [-0.2, 0) is 4.74 Å². The molecule has 0 aliphatic carbocycles. The monoisotopic (exact) mass is 343 g/mol. The van der Waals surface area contributed by atoms with Crippen LogP contribution in [0, 0.1) is 0 Å². The number of methoxy groups -OCH3 is 1. The van der Waals surface area contributed by atoms with E-state index in [2.05, 4.69) is 36.4 Å². The van der Waals surface area contributed by atoms with Crippen LogP contribution in [0.5, 0.6) is 0 Å². The summed E-state index contributed by atoms with van der Waals surface area (Å²) in [5, 5.41) is 6.57. The number of ether oxygens (including phenoxy) is 1. The molecule has 16 heavy (non-hydrogen) atoms. The molecular formula is C11H26IN3O. The third-order valence-electron chi connectivity index (χ3n) is 2.12. The fourth-order valence-electron chi connectivity index (χ4n) is 1.06. The molecule has 0 saturated carbocycles. The summed E-state index contributed by atoms with van der Waals surface area (Å²) < 4.78 is 4.98. The van der Waals surface area contributed by atoms with E-state index in [4.69, 9.17) is 4.74 Å². The maximum Gasteiger partial charge on any atom is 0.191 e. The summed E-state index contributed by atoms with van der Waals surface area (Å²) in [6.07, 6.45) is 2.07. The van der Waals surface area contributed by atoms with Crippen molar-refractivity contribution >= 4 is 29.9 Å². The Morgan fingerprint density at radius 1 is 1.38 bits per heavy atom. The Morgan fingerprint density at radius 2 is 2.06 bits per heavy atom. The minimum Gasteiger partial charge on any atom is -0.385 e. The third kappa shape index (κ3) is 10.5. The van der Waals surface area contributed by atoms with E-state index in [1.54, 1.807) is 7.11 Å². The average Bonchev–Trinajstić information content (AvgIpc) is 2.24. The Kier molecular flexibility index (Phi) is 14.9. The zero-order valence-electron chi connectivity index (χ0n) is 10.9. The van der Waals surface area contributed by atoms with Crippen molar-refractivity contribution in [2.45, 2.75) is 39.7 Å². The lowest BCUT2D eigenvalue weighted by atomic mass is 10.3. The molecule has 0 rings (SSSR count). The lowest BCUT2D eigenvalue weighted by Crippen LogP contribution is -2.42. The van der Waals surface area contributed by atoms with Crippen molar-refractivity contribution in [1.29, 1.82) is 0 Å². The molecule has 1 atom stereocenters. The third-order valence-corrected chi connectivity index (χ3v) is 2.12. The van der Waals surface area contributed by atoms with E-state index in [1.165, 1.54) is 0 Å². The first kappa shape index (κ1) is 18.3. The van der Waals surface area contributed by atoms with Gasteiger partial charge in [-0.3, -0.25) is 4.99 Å². The molecule has 0 aliphatic heterocycles. The van der Waals surface area contributed by atoms with Gasteiger partial charge in [0.1, 0.15) is 0 Å². The van der Waals surface area contributed by atoms with E-state index in [1.807, 2.05) is 0 Å². The summed E-state index contributed by atoms with van der Waals surface area (Å²) in [6, 6.07) is 0.463. The van der Waals surface area contributed by atoms with E-state index in [0.717, 1.165) is 38.5 Å². The first-order valence-corrected chi connectivity index (χ1v) is 5.78. The van der Waals surface area contributed by atoms with Crippen molar-refractivity contribution in [1.82, 2.24) is 10.6 Å². The normalized spacial score (nSPS) is 12.9. The van der Waals surface area contributed by atoms with Crippen LogP contribution in [0.2, 0.25) is 0 Å². The summed E-state index contributed by atoms with van der Waals surface area (Å²) in [7, 11) is 1.71. The van der Waals surface area contributed by atoms with Gasteiger partial charge in [0.05, 0.1) is 0 Å². The lowest BCUT2D eigenvalue weighted by Gasteiger charge is -2.16. The van der Waals surface area contributed by atoms with Crippen molar-refractivity contribution in [3.8, 4) is 0 Å². The highest BCUT2D eigenvalue weighted by Gasteiger charge is 2.01. The Morgan fingerprint density at radius 3 is 2.56 bits per heavy atom. The Balaban J connectivity index is 0. The average molecular weight is 343 g/mol. The van der Waals surface area contributed by atoms with E-state index in [9.17, 15) is 0 Å². The molecule has 0 aliphatic rings. The number of aliphatic imine (C=N–C) groups is 1. The van der Waals surface area contributed by atoms with Gasteiger partial charge in [0.25, 0.3) is 0 Å². The molecule has 0 bridgehead atoms. The number of hydrogen-bond donors (Lipinski definition) is 2. The predicted molar refractivity (Wildman–Crippen MR) is 80.8 cm³/mol. The number of hydrogen-bond acceptors (Lipinski definition) is 2. The van der Waals surface area contributed by atoms with Crippen molar-refractivity contribution < 1.29 is 4.74 Å². The summed E-state index contributed by atoms with van der Waals surface area (Å²) in [6.45, 7) is 8.86. The van der Waals surface area contributed by atoms with Crippen molar-refractivity contribution in [2.75, 3.05) is 26.8 Å². The molecule has 0 aromatic heterocycles. The molecule has 0 radical (unpaired) electrons. The summed E-state index contributed by atoms with van der Waals surface area (Å²) in [5.41, 5.74) is 0. The van der Waals surface area contributed by atoms with Crippen LogP contribution in [0.25, 0.3) is 0 Å². The van der Waals surface area contributed by atoms with Gasteiger partial charge in [-0.15, -0.1) is 24.0 Å². The van der Waals surface area contributed by atoms with Crippen LogP contribution in [0.4, 0.5) is 0 Å². The van der Waals surface area contributed by atoms with E-state index < -0.39 is 0 Å². The number of rotatable bonds is 7. The second-order valence-corrected chi connectivity index (χ2v) is 3.56. The van der Waals surface area contributed by atoms with Gasteiger partial charge in [-0.2, -0.15) is 0 Å². The molecule has 2 N–H and O–H groups in total.